The number of aliphatic hydroxyl groups excluding tert-OH is 1. The maximum absolute atomic E-state index is 8.72. The Labute approximate surface area is 63.6 Å². The van der Waals surface area contributed by atoms with Crippen molar-refractivity contribution in [1.82, 2.24) is 5.32 Å². The molecule has 0 aromatic carbocycles. The van der Waals surface area contributed by atoms with E-state index in [9.17, 15) is 0 Å². The van der Waals surface area contributed by atoms with Gasteiger partial charge in [0.2, 0.25) is 0 Å². The van der Waals surface area contributed by atoms with E-state index in [1.807, 2.05) is 0 Å². The lowest BCUT2D eigenvalue weighted by atomic mass is 9.95. The monoisotopic (exact) mass is 145 g/mol. The molecule has 0 amide bonds. The second kappa shape index (κ2) is 4.69. The fraction of sp³-hybridized carbons (Fsp3) is 1.00. The molecule has 0 saturated heterocycles. The van der Waals surface area contributed by atoms with Crippen LogP contribution in [0.5, 0.6) is 0 Å². The molecular weight excluding hydrogens is 126 g/mol. The average molecular weight is 145 g/mol. The molecule has 0 saturated carbocycles. The first-order valence-electron chi connectivity index (χ1n) is 4.04. The molecule has 0 rings (SSSR count). The Morgan fingerprint density at radius 2 is 2.00 bits per heavy atom. The lowest BCUT2D eigenvalue weighted by molar-refractivity contribution is 0.218. The van der Waals surface area contributed by atoms with Gasteiger partial charge >= 0.3 is 0 Å². The average Bonchev–Trinajstić information content (AvgIpc) is 1.89. The van der Waals surface area contributed by atoms with Crippen LogP contribution in [0.4, 0.5) is 0 Å². The lowest BCUT2D eigenvalue weighted by Crippen LogP contribution is -2.42. The summed E-state index contributed by atoms with van der Waals surface area (Å²) in [6.45, 7) is 7.62. The van der Waals surface area contributed by atoms with Crippen LogP contribution in [0, 0.1) is 0 Å². The molecule has 0 fully saturated rings. The molecule has 62 valence electrons. The number of hydrogen-bond acceptors (Lipinski definition) is 2. The Kier molecular flexibility index (Phi) is 4.65. The summed E-state index contributed by atoms with van der Waals surface area (Å²) in [7, 11) is 0. The first-order valence-corrected chi connectivity index (χ1v) is 4.04. The van der Waals surface area contributed by atoms with Gasteiger partial charge in [0.05, 0.1) is 0 Å². The van der Waals surface area contributed by atoms with Gasteiger partial charge in [-0.2, -0.15) is 0 Å². The van der Waals surface area contributed by atoms with E-state index in [0.29, 0.717) is 0 Å². The molecule has 10 heavy (non-hydrogen) atoms. The van der Waals surface area contributed by atoms with E-state index in [-0.39, 0.29) is 12.1 Å². The number of rotatable bonds is 5. The van der Waals surface area contributed by atoms with Crippen molar-refractivity contribution in [1.29, 1.82) is 0 Å². The van der Waals surface area contributed by atoms with Gasteiger partial charge < -0.3 is 10.4 Å². The molecule has 0 heterocycles. The highest BCUT2D eigenvalue weighted by atomic mass is 16.3. The first kappa shape index (κ1) is 9.92. The van der Waals surface area contributed by atoms with Crippen molar-refractivity contribution in [2.24, 2.45) is 0 Å². The van der Waals surface area contributed by atoms with Crippen LogP contribution in [0.15, 0.2) is 0 Å². The maximum atomic E-state index is 8.72. The molecular formula is C8H19NO. The molecule has 0 radical (unpaired) electrons. The van der Waals surface area contributed by atoms with Crippen molar-refractivity contribution in [3.8, 4) is 0 Å². The molecule has 0 aromatic rings. The Hall–Kier alpha value is -0.0800. The highest BCUT2D eigenvalue weighted by Crippen LogP contribution is 2.12. The molecule has 0 aliphatic rings. The number of nitrogens with one attached hydrogen (secondary N) is 1. The van der Waals surface area contributed by atoms with Gasteiger partial charge in [-0.05, 0) is 26.3 Å². The van der Waals surface area contributed by atoms with Crippen LogP contribution >= 0.6 is 0 Å². The van der Waals surface area contributed by atoms with E-state index in [1.165, 1.54) is 0 Å². The smallest absolute Gasteiger partial charge is 0.0448 e. The molecule has 0 bridgehead atoms. The minimum absolute atomic E-state index is 0.142. The third-order valence-electron chi connectivity index (χ3n) is 2.05. The summed E-state index contributed by atoms with van der Waals surface area (Å²) in [6.07, 6.45) is 1.92. The lowest BCUT2D eigenvalue weighted by Gasteiger charge is -2.28. The van der Waals surface area contributed by atoms with Crippen LogP contribution in [0.2, 0.25) is 0 Å². The van der Waals surface area contributed by atoms with Gasteiger partial charge in [-0.15, -0.1) is 0 Å². The predicted molar refractivity (Wildman–Crippen MR) is 44.1 cm³/mol. The van der Waals surface area contributed by atoms with Crippen molar-refractivity contribution in [2.45, 2.75) is 39.2 Å². The van der Waals surface area contributed by atoms with E-state index >= 15 is 0 Å². The molecule has 2 heteroatoms. The molecule has 0 aromatic heterocycles. The van der Waals surface area contributed by atoms with Gasteiger partial charge in [0.15, 0.2) is 0 Å². The third-order valence-corrected chi connectivity index (χ3v) is 2.05. The van der Waals surface area contributed by atoms with E-state index < -0.39 is 0 Å². The zero-order valence-electron chi connectivity index (χ0n) is 7.28. The van der Waals surface area contributed by atoms with Gasteiger partial charge in [-0.25, -0.2) is 0 Å². The normalized spacial score (nSPS) is 16.8. The minimum Gasteiger partial charge on any atom is -0.396 e. The van der Waals surface area contributed by atoms with Crippen molar-refractivity contribution in [3.63, 3.8) is 0 Å². The van der Waals surface area contributed by atoms with Crippen molar-refractivity contribution >= 4 is 0 Å². The van der Waals surface area contributed by atoms with Crippen LogP contribution in [-0.2, 0) is 0 Å². The fourth-order valence-electron chi connectivity index (χ4n) is 1.06. The summed E-state index contributed by atoms with van der Waals surface area (Å²) >= 11 is 0. The summed E-state index contributed by atoms with van der Waals surface area (Å²) in [5.74, 6) is 0. The predicted octanol–water partition coefficient (Wildman–Crippen LogP) is 1.15. The number of aliphatic hydroxyl groups is 1. The van der Waals surface area contributed by atoms with E-state index in [1.54, 1.807) is 0 Å². The zero-order valence-corrected chi connectivity index (χ0v) is 7.28. The van der Waals surface area contributed by atoms with Crippen molar-refractivity contribution in [2.75, 3.05) is 13.2 Å². The first-order chi connectivity index (χ1) is 4.68. The van der Waals surface area contributed by atoms with Crippen LogP contribution in [0.3, 0.4) is 0 Å². The molecule has 0 aliphatic heterocycles. The third kappa shape index (κ3) is 3.18. The quantitative estimate of drug-likeness (QED) is 0.608. The Morgan fingerprint density at radius 1 is 1.40 bits per heavy atom. The minimum atomic E-state index is 0.142. The summed E-state index contributed by atoms with van der Waals surface area (Å²) < 4.78 is 0. The molecule has 0 aliphatic carbocycles. The van der Waals surface area contributed by atoms with Gasteiger partial charge in [-0.3, -0.25) is 0 Å². The maximum Gasteiger partial charge on any atom is 0.0448 e. The van der Waals surface area contributed by atoms with Crippen molar-refractivity contribution in [3.05, 3.63) is 0 Å². The van der Waals surface area contributed by atoms with Gasteiger partial charge in [0, 0.05) is 12.1 Å². The van der Waals surface area contributed by atoms with Crippen molar-refractivity contribution < 1.29 is 5.11 Å². The molecule has 0 spiro atoms. The highest BCUT2D eigenvalue weighted by Gasteiger charge is 2.18. The van der Waals surface area contributed by atoms with Gasteiger partial charge in [-0.1, -0.05) is 13.8 Å². The Balaban J connectivity index is 3.69. The largest absolute Gasteiger partial charge is 0.396 e. The zero-order chi connectivity index (χ0) is 8.04. The SMILES string of the molecule is CCNC(C)(CC)CCO. The summed E-state index contributed by atoms with van der Waals surface area (Å²) in [6, 6.07) is 0. The van der Waals surface area contributed by atoms with Crippen LogP contribution in [-0.4, -0.2) is 23.8 Å². The fourth-order valence-corrected chi connectivity index (χ4v) is 1.06. The summed E-state index contributed by atoms with van der Waals surface area (Å²) in [5, 5.41) is 12.1. The second-order valence-corrected chi connectivity index (χ2v) is 2.92. The Morgan fingerprint density at radius 3 is 2.30 bits per heavy atom. The topological polar surface area (TPSA) is 32.3 Å². The second-order valence-electron chi connectivity index (χ2n) is 2.92. The van der Waals surface area contributed by atoms with Crippen LogP contribution < -0.4 is 5.32 Å². The van der Waals surface area contributed by atoms with Gasteiger partial charge in [0.1, 0.15) is 0 Å². The summed E-state index contributed by atoms with van der Waals surface area (Å²) in [4.78, 5) is 0. The highest BCUT2D eigenvalue weighted by molar-refractivity contribution is 4.79. The standard InChI is InChI=1S/C8H19NO/c1-4-8(3,6-7-10)9-5-2/h9-10H,4-7H2,1-3H3. The number of hydrogen-bond donors (Lipinski definition) is 2. The molecule has 1 atom stereocenters. The van der Waals surface area contributed by atoms with Gasteiger partial charge in [0.25, 0.3) is 0 Å². The van der Waals surface area contributed by atoms with E-state index in [2.05, 4.69) is 26.1 Å². The van der Waals surface area contributed by atoms with E-state index in [0.717, 1.165) is 19.4 Å². The molecule has 2 nitrogen and oxygen atoms in total. The molecule has 2 N–H and O–H groups in total. The molecule has 1 unspecified atom stereocenters. The summed E-state index contributed by atoms with van der Waals surface area (Å²) in [5.41, 5.74) is 0.142. The Bertz CT molecular complexity index is 77.3. The van der Waals surface area contributed by atoms with Crippen LogP contribution in [0.25, 0.3) is 0 Å². The van der Waals surface area contributed by atoms with E-state index in [4.69, 9.17) is 5.11 Å². The van der Waals surface area contributed by atoms with Crippen LogP contribution in [0.1, 0.15) is 33.6 Å².